The summed E-state index contributed by atoms with van der Waals surface area (Å²) in [6.07, 6.45) is 0. The maximum absolute atomic E-state index is 12.3. The molecule has 114 valence electrons. The van der Waals surface area contributed by atoms with Crippen LogP contribution >= 0.6 is 11.6 Å². The second kappa shape index (κ2) is 5.67. The highest BCUT2D eigenvalue weighted by atomic mass is 35.5. The van der Waals surface area contributed by atoms with Crippen molar-refractivity contribution in [1.29, 1.82) is 0 Å². The Morgan fingerprint density at radius 2 is 2.00 bits per heavy atom. The van der Waals surface area contributed by atoms with Crippen LogP contribution in [0.25, 0.3) is 0 Å². The van der Waals surface area contributed by atoms with E-state index in [1.165, 1.54) is 12.1 Å². The number of hydrogen-bond donors (Lipinski definition) is 2. The minimum Gasteiger partial charge on any atom is -0.398 e. The van der Waals surface area contributed by atoms with Crippen LogP contribution in [-0.2, 0) is 16.6 Å². The standard InChI is InChI=1S/C13H16ClN3O3S/c1-7-12(14)4-10(5-13(7)15)21(18,19)16-6-11-8(2)17-20-9(11)3/h4-5,16H,6,15H2,1-3H3. The maximum atomic E-state index is 12.3. The van der Waals surface area contributed by atoms with Crippen molar-refractivity contribution < 1.29 is 12.9 Å². The summed E-state index contributed by atoms with van der Waals surface area (Å²) in [5, 5.41) is 4.09. The topological polar surface area (TPSA) is 98.2 Å². The summed E-state index contributed by atoms with van der Waals surface area (Å²) in [5.41, 5.74) is 8.11. The highest BCUT2D eigenvalue weighted by Gasteiger charge is 2.18. The normalized spacial score (nSPS) is 11.8. The SMILES string of the molecule is Cc1noc(C)c1CNS(=O)(=O)c1cc(N)c(C)c(Cl)c1. The van der Waals surface area contributed by atoms with E-state index in [0.717, 1.165) is 0 Å². The number of nitrogens with one attached hydrogen (secondary N) is 1. The Morgan fingerprint density at radius 1 is 1.33 bits per heavy atom. The zero-order valence-corrected chi connectivity index (χ0v) is 13.5. The highest BCUT2D eigenvalue weighted by Crippen LogP contribution is 2.26. The Hall–Kier alpha value is -1.57. The van der Waals surface area contributed by atoms with E-state index >= 15 is 0 Å². The van der Waals surface area contributed by atoms with Crippen molar-refractivity contribution in [2.75, 3.05) is 5.73 Å². The number of nitrogen functional groups attached to an aromatic ring is 1. The number of halogens is 1. The number of anilines is 1. The molecule has 8 heteroatoms. The first-order valence-electron chi connectivity index (χ1n) is 6.19. The van der Waals surface area contributed by atoms with Crippen molar-refractivity contribution in [1.82, 2.24) is 9.88 Å². The van der Waals surface area contributed by atoms with Crippen LogP contribution in [0.1, 0.15) is 22.6 Å². The van der Waals surface area contributed by atoms with Gasteiger partial charge < -0.3 is 10.3 Å². The molecule has 0 aliphatic carbocycles. The summed E-state index contributed by atoms with van der Waals surface area (Å²) >= 11 is 5.98. The predicted molar refractivity (Wildman–Crippen MR) is 80.6 cm³/mol. The van der Waals surface area contributed by atoms with Crippen molar-refractivity contribution in [3.05, 3.63) is 39.7 Å². The fourth-order valence-electron chi connectivity index (χ4n) is 1.83. The van der Waals surface area contributed by atoms with E-state index in [0.29, 0.717) is 33.3 Å². The zero-order valence-electron chi connectivity index (χ0n) is 11.9. The molecular weight excluding hydrogens is 314 g/mol. The van der Waals surface area contributed by atoms with Crippen LogP contribution in [0.15, 0.2) is 21.6 Å². The fraction of sp³-hybridized carbons (Fsp3) is 0.308. The zero-order chi connectivity index (χ0) is 15.8. The largest absolute Gasteiger partial charge is 0.398 e. The van der Waals surface area contributed by atoms with Gasteiger partial charge in [-0.25, -0.2) is 13.1 Å². The number of nitrogens with two attached hydrogens (primary N) is 1. The first kappa shape index (κ1) is 15.8. The average molecular weight is 330 g/mol. The molecule has 6 nitrogen and oxygen atoms in total. The molecule has 0 saturated carbocycles. The van der Waals surface area contributed by atoms with Gasteiger partial charge in [0.2, 0.25) is 10.0 Å². The summed E-state index contributed by atoms with van der Waals surface area (Å²) in [5.74, 6) is 0.580. The van der Waals surface area contributed by atoms with E-state index in [4.69, 9.17) is 21.9 Å². The van der Waals surface area contributed by atoms with Gasteiger partial charge in [-0.3, -0.25) is 0 Å². The second-order valence-corrected chi connectivity index (χ2v) is 6.92. The number of sulfonamides is 1. The van der Waals surface area contributed by atoms with Crippen molar-refractivity contribution in [2.45, 2.75) is 32.2 Å². The van der Waals surface area contributed by atoms with E-state index in [-0.39, 0.29) is 11.4 Å². The molecule has 0 amide bonds. The lowest BCUT2D eigenvalue weighted by atomic mass is 10.2. The number of benzene rings is 1. The van der Waals surface area contributed by atoms with Gasteiger partial charge in [0.25, 0.3) is 0 Å². The number of hydrogen-bond acceptors (Lipinski definition) is 5. The minimum atomic E-state index is -3.72. The number of nitrogens with zero attached hydrogens (tertiary/aromatic N) is 1. The van der Waals surface area contributed by atoms with Crippen molar-refractivity contribution in [3.8, 4) is 0 Å². The van der Waals surface area contributed by atoms with Crippen molar-refractivity contribution in [2.24, 2.45) is 0 Å². The molecule has 0 radical (unpaired) electrons. The Balaban J connectivity index is 2.27. The van der Waals surface area contributed by atoms with Crippen molar-refractivity contribution >= 4 is 27.3 Å². The predicted octanol–water partition coefficient (Wildman–Crippen LogP) is 2.31. The fourth-order valence-corrected chi connectivity index (χ4v) is 3.18. The quantitative estimate of drug-likeness (QED) is 0.839. The molecule has 2 rings (SSSR count). The summed E-state index contributed by atoms with van der Waals surface area (Å²) < 4.78 is 32.1. The molecule has 0 fully saturated rings. The molecule has 0 unspecified atom stereocenters. The third kappa shape index (κ3) is 3.20. The summed E-state index contributed by atoms with van der Waals surface area (Å²) in [6.45, 7) is 5.30. The third-order valence-electron chi connectivity index (χ3n) is 3.29. The molecule has 0 aliphatic heterocycles. The number of rotatable bonds is 4. The lowest BCUT2D eigenvalue weighted by Gasteiger charge is -2.10. The lowest BCUT2D eigenvalue weighted by molar-refractivity contribution is 0.392. The first-order valence-corrected chi connectivity index (χ1v) is 8.05. The molecule has 1 aromatic carbocycles. The van der Waals surface area contributed by atoms with Crippen LogP contribution in [-0.4, -0.2) is 13.6 Å². The van der Waals surface area contributed by atoms with Gasteiger partial charge in [-0.05, 0) is 38.5 Å². The van der Waals surface area contributed by atoms with Crippen LogP contribution in [0.2, 0.25) is 5.02 Å². The van der Waals surface area contributed by atoms with E-state index in [1.807, 2.05) is 0 Å². The first-order chi connectivity index (χ1) is 9.72. The van der Waals surface area contributed by atoms with Crippen LogP contribution in [0.3, 0.4) is 0 Å². The van der Waals surface area contributed by atoms with E-state index in [9.17, 15) is 8.42 Å². The van der Waals surface area contributed by atoms with Gasteiger partial charge in [0.05, 0.1) is 10.6 Å². The minimum absolute atomic E-state index is 0.0300. The molecule has 0 aliphatic rings. The molecule has 0 spiro atoms. The Morgan fingerprint density at radius 3 is 2.52 bits per heavy atom. The molecule has 1 aromatic heterocycles. The Kier molecular flexibility index (Phi) is 4.27. The van der Waals surface area contributed by atoms with Gasteiger partial charge in [0, 0.05) is 22.8 Å². The van der Waals surface area contributed by atoms with Gasteiger partial charge in [0.1, 0.15) is 5.76 Å². The van der Waals surface area contributed by atoms with Gasteiger partial charge >= 0.3 is 0 Å². The highest BCUT2D eigenvalue weighted by molar-refractivity contribution is 7.89. The Labute approximate surface area is 128 Å². The summed E-state index contributed by atoms with van der Waals surface area (Å²) in [4.78, 5) is 0.0300. The third-order valence-corrected chi connectivity index (χ3v) is 5.06. The van der Waals surface area contributed by atoms with Gasteiger partial charge in [0.15, 0.2) is 0 Å². The molecular formula is C13H16ClN3O3S. The monoisotopic (exact) mass is 329 g/mol. The molecule has 0 atom stereocenters. The molecule has 2 aromatic rings. The second-order valence-electron chi connectivity index (χ2n) is 4.75. The average Bonchev–Trinajstić information content (AvgIpc) is 2.72. The van der Waals surface area contributed by atoms with Gasteiger partial charge in [-0.2, -0.15) is 0 Å². The lowest BCUT2D eigenvalue weighted by Crippen LogP contribution is -2.24. The summed E-state index contributed by atoms with van der Waals surface area (Å²) in [6, 6.07) is 2.76. The molecule has 1 heterocycles. The Bertz CT molecular complexity index is 741. The number of aryl methyl sites for hydroxylation is 2. The number of aromatic nitrogens is 1. The molecule has 0 bridgehead atoms. The van der Waals surface area contributed by atoms with Crippen LogP contribution in [0.4, 0.5) is 5.69 Å². The van der Waals surface area contributed by atoms with Crippen LogP contribution < -0.4 is 10.5 Å². The van der Waals surface area contributed by atoms with Crippen molar-refractivity contribution in [3.63, 3.8) is 0 Å². The van der Waals surface area contributed by atoms with Crippen LogP contribution in [0.5, 0.6) is 0 Å². The summed E-state index contributed by atoms with van der Waals surface area (Å²) in [7, 11) is -3.72. The van der Waals surface area contributed by atoms with E-state index < -0.39 is 10.0 Å². The van der Waals surface area contributed by atoms with Gasteiger partial charge in [-0.15, -0.1) is 0 Å². The maximum Gasteiger partial charge on any atom is 0.241 e. The molecule has 21 heavy (non-hydrogen) atoms. The molecule has 0 saturated heterocycles. The van der Waals surface area contributed by atoms with Crippen LogP contribution in [0, 0.1) is 20.8 Å². The van der Waals surface area contributed by atoms with E-state index in [1.54, 1.807) is 20.8 Å². The smallest absolute Gasteiger partial charge is 0.241 e. The van der Waals surface area contributed by atoms with Gasteiger partial charge in [-0.1, -0.05) is 16.8 Å². The van der Waals surface area contributed by atoms with E-state index in [2.05, 4.69) is 9.88 Å². The molecule has 3 N–H and O–H groups in total.